The Bertz CT molecular complexity index is 809. The molecule has 1 aromatic heterocycles. The third-order valence-electron chi connectivity index (χ3n) is 3.72. The van der Waals surface area contributed by atoms with E-state index in [4.69, 9.17) is 10.5 Å². The molecule has 0 saturated heterocycles. The van der Waals surface area contributed by atoms with Crippen LogP contribution in [0.4, 0.5) is 0 Å². The van der Waals surface area contributed by atoms with Crippen molar-refractivity contribution in [3.8, 4) is 12.1 Å². The van der Waals surface area contributed by atoms with E-state index < -0.39 is 0 Å². The van der Waals surface area contributed by atoms with Crippen LogP contribution in [-0.2, 0) is 0 Å². The van der Waals surface area contributed by atoms with Gasteiger partial charge in [0.05, 0.1) is 42.4 Å². The molecule has 0 fully saturated rings. The molecule has 1 rings (SSSR count). The Kier molecular flexibility index (Phi) is 9.99. The van der Waals surface area contributed by atoms with Gasteiger partial charge in [-0.1, -0.05) is 13.0 Å². The van der Waals surface area contributed by atoms with Gasteiger partial charge in [0.25, 0.3) is 0 Å². The van der Waals surface area contributed by atoms with Gasteiger partial charge in [-0.05, 0) is 52.3 Å². The highest BCUT2D eigenvalue weighted by molar-refractivity contribution is 6.04. The maximum Gasteiger partial charge on any atom is 0.224 e. The van der Waals surface area contributed by atoms with Crippen LogP contribution in [0.3, 0.4) is 0 Å². The van der Waals surface area contributed by atoms with Crippen molar-refractivity contribution in [3.63, 3.8) is 0 Å². The van der Waals surface area contributed by atoms with Crippen LogP contribution in [0.2, 0.25) is 0 Å². The van der Waals surface area contributed by atoms with Gasteiger partial charge in [0.2, 0.25) is 5.96 Å². The van der Waals surface area contributed by atoms with Gasteiger partial charge in [0.1, 0.15) is 5.82 Å². The Morgan fingerprint density at radius 2 is 1.96 bits per heavy atom. The number of aryl methyl sites for hydroxylation is 1. The Morgan fingerprint density at radius 1 is 1.25 bits per heavy atom. The highest BCUT2D eigenvalue weighted by atomic mass is 15.2. The number of guanidine groups is 1. The minimum Gasteiger partial charge on any atom is -0.368 e. The normalized spacial score (nSPS) is 14.6. The first-order valence-corrected chi connectivity index (χ1v) is 9.44. The van der Waals surface area contributed by atoms with Gasteiger partial charge in [-0.25, -0.2) is 9.98 Å². The highest BCUT2D eigenvalue weighted by Crippen LogP contribution is 2.04. The van der Waals surface area contributed by atoms with E-state index in [1.807, 2.05) is 58.9 Å². The molecule has 2 N–H and O–H groups in total. The van der Waals surface area contributed by atoms with Crippen LogP contribution < -0.4 is 10.6 Å². The van der Waals surface area contributed by atoms with Crippen LogP contribution in [-0.4, -0.2) is 28.7 Å². The second-order valence-electron chi connectivity index (χ2n) is 6.58. The summed E-state index contributed by atoms with van der Waals surface area (Å²) in [5.74, 6) is 1.14. The Labute approximate surface area is 167 Å². The Balaban J connectivity index is 3.17. The van der Waals surface area contributed by atoms with E-state index in [-0.39, 0.29) is 12.1 Å². The van der Waals surface area contributed by atoms with E-state index in [1.54, 1.807) is 0 Å². The molecule has 7 heteroatoms. The zero-order valence-electron chi connectivity index (χ0n) is 17.3. The van der Waals surface area contributed by atoms with Gasteiger partial charge < -0.3 is 10.6 Å². The van der Waals surface area contributed by atoms with Crippen LogP contribution in [0, 0.1) is 29.6 Å². The molecule has 28 heavy (non-hydrogen) atoms. The maximum atomic E-state index is 8.94. The molecule has 1 aromatic rings. The van der Waals surface area contributed by atoms with Crippen molar-refractivity contribution in [1.29, 1.82) is 10.5 Å². The summed E-state index contributed by atoms with van der Waals surface area (Å²) < 4.78 is 0. The van der Waals surface area contributed by atoms with E-state index >= 15 is 0 Å². The first-order chi connectivity index (χ1) is 13.4. The monoisotopic (exact) mass is 379 g/mol. The molecule has 1 heterocycles. The topological polar surface area (TPSA) is 109 Å². The van der Waals surface area contributed by atoms with Crippen molar-refractivity contribution in [3.05, 3.63) is 41.5 Å². The molecule has 0 spiro atoms. The largest absolute Gasteiger partial charge is 0.368 e. The number of hydrogen-bond acceptors (Lipinski definition) is 5. The lowest BCUT2D eigenvalue weighted by molar-refractivity contribution is 0.605. The van der Waals surface area contributed by atoms with E-state index in [0.29, 0.717) is 18.8 Å². The molecule has 0 amide bonds. The summed E-state index contributed by atoms with van der Waals surface area (Å²) >= 11 is 0. The van der Waals surface area contributed by atoms with Crippen LogP contribution in [0.5, 0.6) is 0 Å². The lowest BCUT2D eigenvalue weighted by Gasteiger charge is -2.18. The summed E-state index contributed by atoms with van der Waals surface area (Å²) in [5.41, 5.74) is 2.41. The van der Waals surface area contributed by atoms with E-state index in [2.05, 4.69) is 37.7 Å². The van der Waals surface area contributed by atoms with Crippen molar-refractivity contribution >= 4 is 11.7 Å². The lowest BCUT2D eigenvalue weighted by atomic mass is 10.2. The standard InChI is InChI=1S/C21H29N7/c1-6-8-20(25-16(3)11-13-22)28-21(26-17(4)12-14-23)27-18(5)19-10-7-9-15(2)24-19/h7-10,16-17,25H,6,11-12H2,1-5H3,(H,26,28)/b20-8+,27-18?. The minimum absolute atomic E-state index is 0.0170. The van der Waals surface area contributed by atoms with E-state index in [1.165, 1.54) is 0 Å². The fourth-order valence-corrected chi connectivity index (χ4v) is 2.36. The fraction of sp³-hybridized carbons (Fsp3) is 0.476. The molecule has 2 atom stereocenters. The second-order valence-corrected chi connectivity index (χ2v) is 6.58. The van der Waals surface area contributed by atoms with Crippen molar-refractivity contribution in [1.82, 2.24) is 15.6 Å². The van der Waals surface area contributed by atoms with Crippen LogP contribution in [0.25, 0.3) is 0 Å². The van der Waals surface area contributed by atoms with Crippen LogP contribution in [0.1, 0.15) is 58.3 Å². The minimum atomic E-state index is -0.200. The molecule has 0 saturated carbocycles. The molecular formula is C21H29N7. The molecule has 0 aromatic carbocycles. The number of allylic oxidation sites excluding steroid dienone is 1. The third kappa shape index (κ3) is 8.46. The van der Waals surface area contributed by atoms with Crippen LogP contribution in [0.15, 0.2) is 40.1 Å². The number of pyridine rings is 1. The van der Waals surface area contributed by atoms with Crippen molar-refractivity contribution in [2.24, 2.45) is 9.98 Å². The van der Waals surface area contributed by atoms with Gasteiger partial charge in [-0.3, -0.25) is 4.98 Å². The summed E-state index contributed by atoms with van der Waals surface area (Å²) in [6, 6.07) is 9.84. The predicted octanol–water partition coefficient (Wildman–Crippen LogP) is 3.59. The number of nitrogens with zero attached hydrogens (tertiary/aromatic N) is 5. The molecule has 0 aliphatic rings. The van der Waals surface area contributed by atoms with Crippen LogP contribution >= 0.6 is 0 Å². The van der Waals surface area contributed by atoms with Gasteiger partial charge in [-0.15, -0.1) is 0 Å². The molecule has 0 radical (unpaired) electrons. The maximum absolute atomic E-state index is 8.94. The van der Waals surface area contributed by atoms with Gasteiger partial charge in [0, 0.05) is 11.7 Å². The summed E-state index contributed by atoms with van der Waals surface area (Å²) in [6.45, 7) is 9.65. The summed E-state index contributed by atoms with van der Waals surface area (Å²) in [4.78, 5) is 13.7. The van der Waals surface area contributed by atoms with E-state index in [9.17, 15) is 0 Å². The summed E-state index contributed by atoms with van der Waals surface area (Å²) in [6.07, 6.45) is 3.47. The predicted molar refractivity (Wildman–Crippen MR) is 113 cm³/mol. The smallest absolute Gasteiger partial charge is 0.224 e. The molecular weight excluding hydrogens is 350 g/mol. The number of nitriles is 2. The molecule has 148 valence electrons. The molecule has 7 nitrogen and oxygen atoms in total. The van der Waals surface area contributed by atoms with Gasteiger partial charge >= 0.3 is 0 Å². The quantitative estimate of drug-likeness (QED) is 0.530. The lowest BCUT2D eigenvalue weighted by Crippen LogP contribution is -2.36. The average molecular weight is 380 g/mol. The Hall–Kier alpha value is -3.19. The highest BCUT2D eigenvalue weighted by Gasteiger charge is 2.09. The van der Waals surface area contributed by atoms with Crippen molar-refractivity contribution < 1.29 is 0 Å². The summed E-state index contributed by atoms with van der Waals surface area (Å²) in [5, 5.41) is 24.3. The number of nitrogens with one attached hydrogen (secondary N) is 2. The van der Waals surface area contributed by atoms with Crippen molar-refractivity contribution in [2.75, 3.05) is 0 Å². The number of aromatic nitrogens is 1. The summed E-state index contributed by atoms with van der Waals surface area (Å²) in [7, 11) is 0. The third-order valence-corrected chi connectivity index (χ3v) is 3.72. The molecule has 0 aliphatic carbocycles. The fourth-order valence-electron chi connectivity index (χ4n) is 2.36. The number of rotatable bonds is 8. The van der Waals surface area contributed by atoms with Gasteiger partial charge in [0.15, 0.2) is 0 Å². The average Bonchev–Trinajstić information content (AvgIpc) is 2.62. The Morgan fingerprint density at radius 3 is 2.57 bits per heavy atom. The first kappa shape index (κ1) is 22.9. The zero-order chi connectivity index (χ0) is 20.9. The van der Waals surface area contributed by atoms with Gasteiger partial charge in [-0.2, -0.15) is 10.5 Å². The van der Waals surface area contributed by atoms with Crippen molar-refractivity contribution in [2.45, 2.75) is 66.0 Å². The molecule has 2 unspecified atom stereocenters. The first-order valence-electron chi connectivity index (χ1n) is 9.44. The number of hydrogen-bond donors (Lipinski definition) is 2. The molecule has 0 bridgehead atoms. The van der Waals surface area contributed by atoms with E-state index in [0.717, 1.165) is 29.3 Å². The second kappa shape index (κ2) is 12.2. The SMILES string of the molecule is CC/C=C(/NC(=NC(C)CC#N)N=C(C)c1cccc(C)n1)NC(C)CC#N. The zero-order valence-corrected chi connectivity index (χ0v) is 17.3. The number of aliphatic imine (C=N–C) groups is 2. The molecule has 0 aliphatic heterocycles.